The summed E-state index contributed by atoms with van der Waals surface area (Å²) in [6, 6.07) is 9.71. The van der Waals surface area contributed by atoms with Gasteiger partial charge in [0.25, 0.3) is 5.91 Å². The van der Waals surface area contributed by atoms with Gasteiger partial charge in [-0.05, 0) is 17.8 Å². The van der Waals surface area contributed by atoms with Crippen molar-refractivity contribution in [2.45, 2.75) is 0 Å². The molecule has 1 aromatic carbocycles. The maximum Gasteiger partial charge on any atom is 0.271 e. The highest BCUT2D eigenvalue weighted by atomic mass is 19.1. The Morgan fingerprint density at radius 2 is 2.00 bits per heavy atom. The van der Waals surface area contributed by atoms with Crippen molar-refractivity contribution in [3.63, 3.8) is 0 Å². The summed E-state index contributed by atoms with van der Waals surface area (Å²) in [4.78, 5) is 21.6. The van der Waals surface area contributed by atoms with E-state index in [1.54, 1.807) is 6.20 Å². The van der Waals surface area contributed by atoms with Crippen LogP contribution in [0.4, 0.5) is 4.39 Å². The van der Waals surface area contributed by atoms with E-state index in [1.807, 2.05) is 35.2 Å². The lowest BCUT2D eigenvalue weighted by Gasteiger charge is -2.18. The molecule has 1 amide bonds. The molecule has 2 fully saturated rings. The van der Waals surface area contributed by atoms with E-state index in [1.165, 1.54) is 0 Å². The molecule has 108 valence electrons. The Hall–Kier alpha value is -2.17. The van der Waals surface area contributed by atoms with Crippen LogP contribution >= 0.6 is 0 Å². The smallest absolute Gasteiger partial charge is 0.271 e. The van der Waals surface area contributed by atoms with E-state index in [-0.39, 0.29) is 18.5 Å². The summed E-state index contributed by atoms with van der Waals surface area (Å²) < 4.78 is 12.6. The summed E-state index contributed by atoms with van der Waals surface area (Å²) in [6.07, 6.45) is 1.58. The number of halogens is 1. The number of benzene rings is 1. The lowest BCUT2D eigenvalue weighted by Crippen LogP contribution is -2.32. The summed E-state index contributed by atoms with van der Waals surface area (Å²) >= 11 is 0. The van der Waals surface area contributed by atoms with E-state index >= 15 is 0 Å². The van der Waals surface area contributed by atoms with E-state index in [9.17, 15) is 9.18 Å². The number of imidazole rings is 1. The number of rotatable bonds is 3. The normalized spacial score (nSPS) is 26.7. The number of fused-ring (bicyclic) bond motifs is 1. The van der Waals surface area contributed by atoms with Crippen molar-refractivity contribution in [2.75, 3.05) is 19.8 Å². The first-order valence-electron chi connectivity index (χ1n) is 7.23. The van der Waals surface area contributed by atoms with Gasteiger partial charge in [-0.15, -0.1) is 0 Å². The van der Waals surface area contributed by atoms with Gasteiger partial charge in [0.1, 0.15) is 11.5 Å². The van der Waals surface area contributed by atoms with Gasteiger partial charge >= 0.3 is 0 Å². The number of piperidine rings is 1. The number of likely N-dealkylation sites (tertiary alicyclic amines) is 1. The third-order valence-corrected chi connectivity index (χ3v) is 4.69. The van der Waals surface area contributed by atoms with Crippen LogP contribution in [0.25, 0.3) is 11.4 Å². The molecule has 0 spiro atoms. The molecule has 4 nitrogen and oxygen atoms in total. The van der Waals surface area contributed by atoms with E-state index in [0.29, 0.717) is 36.4 Å². The second-order valence-corrected chi connectivity index (χ2v) is 5.87. The molecule has 1 saturated carbocycles. The molecule has 1 aliphatic heterocycles. The van der Waals surface area contributed by atoms with Gasteiger partial charge in [0, 0.05) is 18.7 Å². The number of hydrogen-bond acceptors (Lipinski definition) is 2. The third-order valence-electron chi connectivity index (χ3n) is 4.69. The summed E-state index contributed by atoms with van der Waals surface area (Å²) in [5.74, 6) is 1.60. The second kappa shape index (κ2) is 4.69. The highest BCUT2D eigenvalue weighted by Crippen LogP contribution is 2.51. The van der Waals surface area contributed by atoms with Crippen molar-refractivity contribution in [3.05, 3.63) is 42.2 Å². The van der Waals surface area contributed by atoms with Gasteiger partial charge < -0.3 is 9.88 Å². The van der Waals surface area contributed by atoms with Gasteiger partial charge in [-0.25, -0.2) is 4.98 Å². The van der Waals surface area contributed by atoms with E-state index in [2.05, 4.69) is 9.97 Å². The monoisotopic (exact) mass is 285 g/mol. The zero-order chi connectivity index (χ0) is 14.4. The predicted molar refractivity (Wildman–Crippen MR) is 76.4 cm³/mol. The molecule has 2 aliphatic rings. The average molecular weight is 285 g/mol. The van der Waals surface area contributed by atoms with E-state index in [4.69, 9.17) is 0 Å². The second-order valence-electron chi connectivity index (χ2n) is 5.87. The van der Waals surface area contributed by atoms with Crippen molar-refractivity contribution in [1.29, 1.82) is 0 Å². The molecule has 3 atom stereocenters. The molecule has 2 aromatic rings. The molecule has 1 unspecified atom stereocenters. The number of aromatic amines is 1. The first kappa shape index (κ1) is 12.6. The van der Waals surface area contributed by atoms with Gasteiger partial charge in [-0.1, -0.05) is 30.3 Å². The molecular formula is C16H16FN3O. The van der Waals surface area contributed by atoms with Crippen molar-refractivity contribution >= 4 is 5.91 Å². The van der Waals surface area contributed by atoms with Gasteiger partial charge in [0.05, 0.1) is 12.9 Å². The maximum atomic E-state index is 12.6. The van der Waals surface area contributed by atoms with Crippen LogP contribution in [-0.4, -0.2) is 40.5 Å². The van der Waals surface area contributed by atoms with Crippen LogP contribution in [0.15, 0.2) is 36.5 Å². The standard InChI is InChI=1S/C16H16FN3O/c17-6-11-12-8-20(9-13(11)12)16(21)14-7-18-15(19-14)10-4-2-1-3-5-10/h1-5,7,11-13H,6,8-9H2,(H,18,19)/t11?,12-,13+. The number of carbonyl (C=O) groups is 1. The molecular weight excluding hydrogens is 269 g/mol. The number of hydrogen-bond donors (Lipinski definition) is 1. The average Bonchev–Trinajstić information content (AvgIpc) is 2.92. The number of H-pyrrole nitrogens is 1. The largest absolute Gasteiger partial charge is 0.337 e. The van der Waals surface area contributed by atoms with Crippen molar-refractivity contribution < 1.29 is 9.18 Å². The molecule has 21 heavy (non-hydrogen) atoms. The van der Waals surface area contributed by atoms with Crippen molar-refractivity contribution in [2.24, 2.45) is 17.8 Å². The number of aromatic nitrogens is 2. The first-order chi connectivity index (χ1) is 10.3. The lowest BCUT2D eigenvalue weighted by atomic mass is 10.2. The highest BCUT2D eigenvalue weighted by Gasteiger charge is 2.56. The highest BCUT2D eigenvalue weighted by molar-refractivity contribution is 5.93. The van der Waals surface area contributed by atoms with Crippen molar-refractivity contribution in [3.8, 4) is 11.4 Å². The molecule has 0 radical (unpaired) electrons. The van der Waals surface area contributed by atoms with E-state index in [0.717, 1.165) is 5.56 Å². The minimum absolute atomic E-state index is 0.0329. The number of nitrogens with one attached hydrogen (secondary N) is 1. The maximum absolute atomic E-state index is 12.6. The van der Waals surface area contributed by atoms with Gasteiger partial charge in [-0.2, -0.15) is 0 Å². The lowest BCUT2D eigenvalue weighted by molar-refractivity contribution is 0.0760. The molecule has 0 bridgehead atoms. The summed E-state index contributed by atoms with van der Waals surface area (Å²) in [5.41, 5.74) is 1.46. The Bertz CT molecular complexity index is 657. The fourth-order valence-corrected chi connectivity index (χ4v) is 3.39. The molecule has 1 aliphatic carbocycles. The fourth-order valence-electron chi connectivity index (χ4n) is 3.39. The van der Waals surface area contributed by atoms with Gasteiger partial charge in [0.2, 0.25) is 0 Å². The van der Waals surface area contributed by atoms with Crippen LogP contribution in [0.2, 0.25) is 0 Å². The minimum Gasteiger partial charge on any atom is -0.337 e. The summed E-state index contributed by atoms with van der Waals surface area (Å²) in [7, 11) is 0. The molecule has 2 heterocycles. The predicted octanol–water partition coefficient (Wildman–Crippen LogP) is 2.36. The van der Waals surface area contributed by atoms with Crippen LogP contribution in [0.3, 0.4) is 0 Å². The Balaban J connectivity index is 1.48. The van der Waals surface area contributed by atoms with Gasteiger partial charge in [0.15, 0.2) is 0 Å². The molecule has 1 aromatic heterocycles. The molecule has 1 saturated heterocycles. The Kier molecular flexibility index (Phi) is 2.80. The van der Waals surface area contributed by atoms with Crippen LogP contribution in [0.5, 0.6) is 0 Å². The SMILES string of the molecule is O=C(c1cnc(-c2ccccc2)[nH]1)N1C[C@@H]2C(CF)[C@@H]2C1. The number of nitrogens with zero attached hydrogens (tertiary/aromatic N) is 2. The Labute approximate surface area is 122 Å². The molecule has 4 rings (SSSR count). The van der Waals surface area contributed by atoms with Crippen LogP contribution in [0, 0.1) is 17.8 Å². The van der Waals surface area contributed by atoms with Crippen LogP contribution in [0.1, 0.15) is 10.5 Å². The first-order valence-corrected chi connectivity index (χ1v) is 7.23. The fraction of sp³-hybridized carbons (Fsp3) is 0.375. The summed E-state index contributed by atoms with van der Waals surface area (Å²) in [6.45, 7) is 1.11. The van der Waals surface area contributed by atoms with Crippen LogP contribution < -0.4 is 0 Å². The zero-order valence-corrected chi connectivity index (χ0v) is 11.5. The van der Waals surface area contributed by atoms with Gasteiger partial charge in [-0.3, -0.25) is 9.18 Å². The van der Waals surface area contributed by atoms with Crippen molar-refractivity contribution in [1.82, 2.24) is 14.9 Å². The zero-order valence-electron chi connectivity index (χ0n) is 11.5. The number of amides is 1. The molecule has 1 N–H and O–H groups in total. The Morgan fingerprint density at radius 3 is 2.67 bits per heavy atom. The topological polar surface area (TPSA) is 49.0 Å². The summed E-state index contributed by atoms with van der Waals surface area (Å²) in [5, 5.41) is 0. The minimum atomic E-state index is -0.250. The molecule has 5 heteroatoms. The number of alkyl halides is 1. The Morgan fingerprint density at radius 1 is 1.29 bits per heavy atom. The van der Waals surface area contributed by atoms with Crippen LogP contribution in [-0.2, 0) is 0 Å². The van der Waals surface area contributed by atoms with E-state index < -0.39 is 0 Å². The third kappa shape index (κ3) is 2.04. The quantitative estimate of drug-likeness (QED) is 0.941. The number of carbonyl (C=O) groups excluding carboxylic acids is 1.